The Morgan fingerprint density at radius 2 is 2.36 bits per heavy atom. The zero-order valence-electron chi connectivity index (χ0n) is 8.27. The van der Waals surface area contributed by atoms with Crippen molar-refractivity contribution in [3.05, 3.63) is 16.6 Å². The fraction of sp³-hybridized carbons (Fsp3) is 0.571. The van der Waals surface area contributed by atoms with Crippen LogP contribution in [0.5, 0.6) is 0 Å². The van der Waals surface area contributed by atoms with Gasteiger partial charge in [0.05, 0.1) is 0 Å². The average Bonchev–Trinajstić information content (AvgIpc) is 2.12. The first-order valence-electron chi connectivity index (χ1n) is 4.19. The average molecular weight is 198 g/mol. The number of hydrogen-bond acceptors (Lipinski definition) is 6. The molecule has 0 aromatic carbocycles. The summed E-state index contributed by atoms with van der Waals surface area (Å²) in [6.45, 7) is 1.48. The Labute approximate surface area is 81.5 Å². The third-order valence-corrected chi connectivity index (χ3v) is 1.63. The van der Waals surface area contributed by atoms with Gasteiger partial charge < -0.3 is 16.1 Å². The smallest absolute Gasteiger partial charge is 0.292 e. The van der Waals surface area contributed by atoms with E-state index < -0.39 is 0 Å². The minimum atomic E-state index is -0.382. The van der Waals surface area contributed by atoms with Gasteiger partial charge in [-0.25, -0.2) is 0 Å². The maximum atomic E-state index is 11.0. The molecular weight excluding hydrogens is 184 g/mol. The third kappa shape index (κ3) is 2.70. The molecule has 14 heavy (non-hydrogen) atoms. The van der Waals surface area contributed by atoms with E-state index in [1.165, 1.54) is 0 Å². The summed E-state index contributed by atoms with van der Waals surface area (Å²) < 4.78 is 0.933. The van der Waals surface area contributed by atoms with Gasteiger partial charge in [-0.05, 0) is 14.1 Å². The van der Waals surface area contributed by atoms with Crippen LogP contribution in [0.25, 0.3) is 0 Å². The molecule has 7 heteroatoms. The molecule has 0 atom stereocenters. The summed E-state index contributed by atoms with van der Waals surface area (Å²) in [5.41, 5.74) is -0.382. The van der Waals surface area contributed by atoms with Gasteiger partial charge in [0, 0.05) is 13.1 Å². The Hall–Kier alpha value is -1.63. The number of anilines is 1. The van der Waals surface area contributed by atoms with Crippen molar-refractivity contribution in [1.82, 2.24) is 19.8 Å². The fourth-order valence-electron chi connectivity index (χ4n) is 0.860. The summed E-state index contributed by atoms with van der Waals surface area (Å²) in [4.78, 5) is 13.0. The van der Waals surface area contributed by atoms with Gasteiger partial charge in [-0.1, -0.05) is 0 Å². The first kappa shape index (κ1) is 10.5. The lowest BCUT2D eigenvalue weighted by atomic mass is 10.6. The van der Waals surface area contributed by atoms with E-state index in [0.29, 0.717) is 6.54 Å². The second-order valence-electron chi connectivity index (χ2n) is 3.11. The topological polar surface area (TPSA) is 89.1 Å². The van der Waals surface area contributed by atoms with Crippen LogP contribution in [-0.2, 0) is 0 Å². The van der Waals surface area contributed by atoms with E-state index in [0.717, 1.165) is 17.4 Å². The molecule has 0 amide bonds. The Morgan fingerprint density at radius 1 is 1.64 bits per heavy atom. The molecule has 0 fully saturated rings. The van der Waals surface area contributed by atoms with Gasteiger partial charge in [-0.2, -0.15) is 4.68 Å². The lowest BCUT2D eigenvalue weighted by molar-refractivity contribution is 0.424. The van der Waals surface area contributed by atoms with Crippen molar-refractivity contribution < 1.29 is 0 Å². The van der Waals surface area contributed by atoms with Gasteiger partial charge in [0.1, 0.15) is 6.20 Å². The molecule has 0 spiro atoms. The van der Waals surface area contributed by atoms with Gasteiger partial charge in [-0.15, -0.1) is 10.2 Å². The molecule has 0 bridgehead atoms. The maximum absolute atomic E-state index is 11.0. The largest absolute Gasteiger partial charge is 0.352 e. The molecular formula is C7H14N6O. The van der Waals surface area contributed by atoms with E-state index in [1.54, 1.807) is 0 Å². The molecule has 0 aliphatic carbocycles. The molecule has 1 aromatic heterocycles. The van der Waals surface area contributed by atoms with Gasteiger partial charge >= 0.3 is 0 Å². The highest BCUT2D eigenvalue weighted by Gasteiger charge is 2.01. The number of nitrogens with two attached hydrogens (primary N) is 1. The van der Waals surface area contributed by atoms with E-state index in [9.17, 15) is 4.79 Å². The molecule has 0 unspecified atom stereocenters. The SMILES string of the molecule is CN(C)CCNc1nncc(=O)n1N. The van der Waals surface area contributed by atoms with Gasteiger partial charge in [0.2, 0.25) is 5.95 Å². The molecule has 0 aliphatic rings. The van der Waals surface area contributed by atoms with Crippen LogP contribution >= 0.6 is 0 Å². The Balaban J connectivity index is 2.59. The Bertz CT molecular complexity index is 346. The fourth-order valence-corrected chi connectivity index (χ4v) is 0.860. The lowest BCUT2D eigenvalue weighted by Gasteiger charge is -2.11. The van der Waals surface area contributed by atoms with E-state index in [-0.39, 0.29) is 11.5 Å². The molecule has 0 saturated carbocycles. The van der Waals surface area contributed by atoms with Crippen LogP contribution in [-0.4, -0.2) is 47.0 Å². The molecule has 7 nitrogen and oxygen atoms in total. The third-order valence-electron chi connectivity index (χ3n) is 1.63. The van der Waals surface area contributed by atoms with Gasteiger partial charge in [0.25, 0.3) is 5.56 Å². The van der Waals surface area contributed by atoms with E-state index in [4.69, 9.17) is 5.84 Å². The van der Waals surface area contributed by atoms with E-state index >= 15 is 0 Å². The standard InChI is InChI=1S/C7H14N6O/c1-12(2)4-3-9-7-11-10-5-6(14)13(7)8/h5H,3-4,8H2,1-2H3,(H,9,11). The maximum Gasteiger partial charge on any atom is 0.292 e. The van der Waals surface area contributed by atoms with Gasteiger partial charge in [0.15, 0.2) is 0 Å². The van der Waals surface area contributed by atoms with Crippen LogP contribution in [0.1, 0.15) is 0 Å². The Kier molecular flexibility index (Phi) is 3.41. The number of nitrogens with one attached hydrogen (secondary N) is 1. The summed E-state index contributed by atoms with van der Waals surface area (Å²) in [6, 6.07) is 0. The zero-order valence-corrected chi connectivity index (χ0v) is 8.27. The molecule has 0 saturated heterocycles. The molecule has 0 aliphatic heterocycles. The van der Waals surface area contributed by atoms with Crippen molar-refractivity contribution in [2.45, 2.75) is 0 Å². The summed E-state index contributed by atoms with van der Waals surface area (Å²) in [7, 11) is 3.90. The number of aromatic nitrogens is 3. The molecule has 78 valence electrons. The minimum Gasteiger partial charge on any atom is -0.352 e. The van der Waals surface area contributed by atoms with Crippen LogP contribution < -0.4 is 16.7 Å². The normalized spacial score (nSPS) is 10.5. The van der Waals surface area contributed by atoms with Crippen molar-refractivity contribution in [3.8, 4) is 0 Å². The molecule has 1 aromatic rings. The number of nitrogen functional groups attached to an aromatic ring is 1. The number of hydrogen-bond donors (Lipinski definition) is 2. The quantitative estimate of drug-likeness (QED) is 0.562. The van der Waals surface area contributed by atoms with E-state index in [1.807, 2.05) is 19.0 Å². The summed E-state index contributed by atoms with van der Waals surface area (Å²) in [6.07, 6.45) is 1.07. The molecule has 1 heterocycles. The predicted molar refractivity (Wildman–Crippen MR) is 53.5 cm³/mol. The highest BCUT2D eigenvalue weighted by Crippen LogP contribution is 1.90. The lowest BCUT2D eigenvalue weighted by Crippen LogP contribution is -2.32. The number of rotatable bonds is 4. The summed E-state index contributed by atoms with van der Waals surface area (Å²) in [5.74, 6) is 5.70. The molecule has 1 rings (SSSR count). The highest BCUT2D eigenvalue weighted by molar-refractivity contribution is 5.22. The van der Waals surface area contributed by atoms with Crippen molar-refractivity contribution in [2.75, 3.05) is 38.3 Å². The monoisotopic (exact) mass is 198 g/mol. The van der Waals surface area contributed by atoms with Crippen LogP contribution in [0.2, 0.25) is 0 Å². The molecule has 0 radical (unpaired) electrons. The molecule has 3 N–H and O–H groups in total. The van der Waals surface area contributed by atoms with Crippen molar-refractivity contribution in [3.63, 3.8) is 0 Å². The van der Waals surface area contributed by atoms with Crippen molar-refractivity contribution >= 4 is 5.95 Å². The Morgan fingerprint density at radius 3 is 3.00 bits per heavy atom. The second kappa shape index (κ2) is 4.56. The first-order chi connectivity index (χ1) is 6.61. The number of nitrogens with zero attached hydrogens (tertiary/aromatic N) is 4. The van der Waals surface area contributed by atoms with Crippen LogP contribution in [0.4, 0.5) is 5.95 Å². The summed E-state index contributed by atoms with van der Waals surface area (Å²) in [5, 5.41) is 10.1. The zero-order chi connectivity index (χ0) is 10.6. The predicted octanol–water partition coefficient (Wildman–Crippen LogP) is -1.67. The first-order valence-corrected chi connectivity index (χ1v) is 4.19. The van der Waals surface area contributed by atoms with Gasteiger partial charge in [-0.3, -0.25) is 4.79 Å². The van der Waals surface area contributed by atoms with Crippen LogP contribution in [0.15, 0.2) is 11.0 Å². The second-order valence-corrected chi connectivity index (χ2v) is 3.11. The van der Waals surface area contributed by atoms with Crippen LogP contribution in [0, 0.1) is 0 Å². The highest BCUT2D eigenvalue weighted by atomic mass is 16.1. The van der Waals surface area contributed by atoms with E-state index in [2.05, 4.69) is 15.5 Å². The van der Waals surface area contributed by atoms with Crippen LogP contribution in [0.3, 0.4) is 0 Å². The number of likely N-dealkylation sites (N-methyl/N-ethyl adjacent to an activating group) is 1. The van der Waals surface area contributed by atoms with Crippen molar-refractivity contribution in [1.29, 1.82) is 0 Å². The summed E-state index contributed by atoms with van der Waals surface area (Å²) >= 11 is 0. The van der Waals surface area contributed by atoms with Crippen molar-refractivity contribution in [2.24, 2.45) is 0 Å². The minimum absolute atomic E-state index is 0.277.